The third-order valence-electron chi connectivity index (χ3n) is 4.49. The molecule has 1 aromatic carbocycles. The van der Waals surface area contributed by atoms with E-state index in [9.17, 15) is 0 Å². The molecule has 2 N–H and O–H groups in total. The van der Waals surface area contributed by atoms with Gasteiger partial charge in [-0.1, -0.05) is 20.3 Å². The Kier molecular flexibility index (Phi) is 3.31. The molecule has 1 fully saturated rings. The SMILES string of the molecule is COc1ccc(N)c(-c2nnnn2C2CCCC2(C)C)c1. The number of nitrogens with two attached hydrogens (primary N) is 1. The lowest BCUT2D eigenvalue weighted by Gasteiger charge is -2.27. The van der Waals surface area contributed by atoms with E-state index in [0.717, 1.165) is 17.7 Å². The Balaban J connectivity index is 2.07. The standard InChI is InChI=1S/C15H21N5O/c1-15(2)8-4-5-13(15)20-14(17-18-19-20)11-9-10(21-3)6-7-12(11)16/h6-7,9,13H,4-5,8,16H2,1-3H3. The summed E-state index contributed by atoms with van der Waals surface area (Å²) in [6.45, 7) is 4.54. The minimum Gasteiger partial charge on any atom is -0.497 e. The van der Waals surface area contributed by atoms with Crippen LogP contribution in [0, 0.1) is 5.41 Å². The van der Waals surface area contributed by atoms with Gasteiger partial charge in [-0.05, 0) is 46.9 Å². The van der Waals surface area contributed by atoms with E-state index in [0.29, 0.717) is 17.6 Å². The van der Waals surface area contributed by atoms with Crippen LogP contribution in [0.4, 0.5) is 5.69 Å². The molecule has 3 rings (SSSR count). The van der Waals surface area contributed by atoms with Gasteiger partial charge in [-0.15, -0.1) is 5.10 Å². The first kappa shape index (κ1) is 13.9. The number of hydrogen-bond donors (Lipinski definition) is 1. The average Bonchev–Trinajstić information content (AvgIpc) is 3.05. The Morgan fingerprint density at radius 1 is 1.38 bits per heavy atom. The molecule has 0 saturated heterocycles. The van der Waals surface area contributed by atoms with Gasteiger partial charge in [0.2, 0.25) is 0 Å². The summed E-state index contributed by atoms with van der Waals surface area (Å²) in [5, 5.41) is 12.3. The smallest absolute Gasteiger partial charge is 0.184 e. The van der Waals surface area contributed by atoms with Gasteiger partial charge < -0.3 is 10.5 Å². The van der Waals surface area contributed by atoms with E-state index in [1.807, 2.05) is 22.9 Å². The molecule has 1 unspecified atom stereocenters. The maximum Gasteiger partial charge on any atom is 0.184 e. The molecule has 1 aliphatic carbocycles. The molecule has 0 radical (unpaired) electrons. The summed E-state index contributed by atoms with van der Waals surface area (Å²) < 4.78 is 7.21. The van der Waals surface area contributed by atoms with Crippen molar-refractivity contribution in [1.29, 1.82) is 0 Å². The number of hydrogen-bond acceptors (Lipinski definition) is 5. The van der Waals surface area contributed by atoms with Crippen LogP contribution in [0.25, 0.3) is 11.4 Å². The molecule has 1 saturated carbocycles. The molecule has 0 bridgehead atoms. The molecule has 0 amide bonds. The zero-order chi connectivity index (χ0) is 15.0. The van der Waals surface area contributed by atoms with Gasteiger partial charge in [0.05, 0.1) is 13.2 Å². The first-order valence-corrected chi connectivity index (χ1v) is 7.24. The van der Waals surface area contributed by atoms with Crippen LogP contribution in [0.2, 0.25) is 0 Å². The summed E-state index contributed by atoms with van der Waals surface area (Å²) in [5.74, 6) is 1.46. The van der Waals surface area contributed by atoms with Crippen molar-refractivity contribution in [1.82, 2.24) is 20.2 Å². The molecular weight excluding hydrogens is 266 g/mol. The quantitative estimate of drug-likeness (QED) is 0.878. The van der Waals surface area contributed by atoms with Crippen LogP contribution >= 0.6 is 0 Å². The second-order valence-electron chi connectivity index (χ2n) is 6.30. The molecule has 1 heterocycles. The molecule has 2 aromatic rings. The molecule has 21 heavy (non-hydrogen) atoms. The minimum absolute atomic E-state index is 0.192. The Morgan fingerprint density at radius 3 is 2.86 bits per heavy atom. The van der Waals surface area contributed by atoms with Gasteiger partial charge in [0.1, 0.15) is 5.75 Å². The van der Waals surface area contributed by atoms with Gasteiger partial charge in [0.25, 0.3) is 0 Å². The molecule has 1 aliphatic rings. The van der Waals surface area contributed by atoms with Crippen LogP contribution in [0.3, 0.4) is 0 Å². The highest BCUT2D eigenvalue weighted by Gasteiger charge is 2.38. The van der Waals surface area contributed by atoms with Crippen molar-refractivity contribution >= 4 is 5.69 Å². The lowest BCUT2D eigenvalue weighted by atomic mass is 9.87. The van der Waals surface area contributed by atoms with Crippen molar-refractivity contribution in [3.8, 4) is 17.1 Å². The molecule has 6 heteroatoms. The van der Waals surface area contributed by atoms with E-state index in [1.165, 1.54) is 12.8 Å². The molecule has 1 atom stereocenters. The van der Waals surface area contributed by atoms with Crippen molar-refractivity contribution in [3.05, 3.63) is 18.2 Å². The number of tetrazole rings is 1. The summed E-state index contributed by atoms with van der Waals surface area (Å²) in [4.78, 5) is 0. The first-order valence-electron chi connectivity index (χ1n) is 7.24. The van der Waals surface area contributed by atoms with Gasteiger partial charge in [-0.3, -0.25) is 0 Å². The van der Waals surface area contributed by atoms with E-state index < -0.39 is 0 Å². The summed E-state index contributed by atoms with van der Waals surface area (Å²) in [7, 11) is 1.64. The number of nitrogen functional groups attached to an aromatic ring is 1. The molecular formula is C15H21N5O. The van der Waals surface area contributed by atoms with Gasteiger partial charge in [0, 0.05) is 11.3 Å². The number of methoxy groups -OCH3 is 1. The van der Waals surface area contributed by atoms with Crippen LogP contribution < -0.4 is 10.5 Å². The number of rotatable bonds is 3. The van der Waals surface area contributed by atoms with Gasteiger partial charge >= 0.3 is 0 Å². The molecule has 0 spiro atoms. The zero-order valence-corrected chi connectivity index (χ0v) is 12.7. The summed E-state index contributed by atoms with van der Waals surface area (Å²) in [5.41, 5.74) is 7.77. The van der Waals surface area contributed by atoms with Crippen LogP contribution in [-0.4, -0.2) is 27.3 Å². The fourth-order valence-corrected chi connectivity index (χ4v) is 3.20. The highest BCUT2D eigenvalue weighted by atomic mass is 16.5. The number of benzene rings is 1. The van der Waals surface area contributed by atoms with Crippen molar-refractivity contribution in [2.45, 2.75) is 39.2 Å². The fraction of sp³-hybridized carbons (Fsp3) is 0.533. The number of ether oxygens (including phenoxy) is 1. The molecule has 112 valence electrons. The molecule has 6 nitrogen and oxygen atoms in total. The monoisotopic (exact) mass is 287 g/mol. The molecule has 0 aliphatic heterocycles. The average molecular weight is 287 g/mol. The van der Waals surface area contributed by atoms with Crippen LogP contribution in [0.5, 0.6) is 5.75 Å². The second-order valence-corrected chi connectivity index (χ2v) is 6.30. The van der Waals surface area contributed by atoms with Gasteiger partial charge in [0.15, 0.2) is 5.82 Å². The van der Waals surface area contributed by atoms with E-state index in [1.54, 1.807) is 7.11 Å². The van der Waals surface area contributed by atoms with Crippen LogP contribution in [-0.2, 0) is 0 Å². The predicted molar refractivity (Wildman–Crippen MR) is 80.9 cm³/mol. The Bertz CT molecular complexity index is 649. The topological polar surface area (TPSA) is 78.8 Å². The number of nitrogens with zero attached hydrogens (tertiary/aromatic N) is 4. The third kappa shape index (κ3) is 2.34. The first-order chi connectivity index (χ1) is 10.0. The fourth-order valence-electron chi connectivity index (χ4n) is 3.20. The lowest BCUT2D eigenvalue weighted by molar-refractivity contribution is 0.242. The van der Waals surface area contributed by atoms with E-state index in [-0.39, 0.29) is 5.41 Å². The van der Waals surface area contributed by atoms with Crippen molar-refractivity contribution < 1.29 is 4.74 Å². The zero-order valence-electron chi connectivity index (χ0n) is 12.7. The van der Waals surface area contributed by atoms with Crippen molar-refractivity contribution in [2.24, 2.45) is 5.41 Å². The van der Waals surface area contributed by atoms with E-state index in [4.69, 9.17) is 10.5 Å². The minimum atomic E-state index is 0.192. The summed E-state index contributed by atoms with van der Waals surface area (Å²) in [6, 6.07) is 5.85. The third-order valence-corrected chi connectivity index (χ3v) is 4.49. The van der Waals surface area contributed by atoms with Crippen molar-refractivity contribution in [3.63, 3.8) is 0 Å². The van der Waals surface area contributed by atoms with Crippen LogP contribution in [0.15, 0.2) is 18.2 Å². The predicted octanol–water partition coefficient (Wildman–Crippen LogP) is 2.68. The van der Waals surface area contributed by atoms with Crippen molar-refractivity contribution in [2.75, 3.05) is 12.8 Å². The summed E-state index contributed by atoms with van der Waals surface area (Å²) in [6.07, 6.45) is 3.48. The molecule has 1 aromatic heterocycles. The highest BCUT2D eigenvalue weighted by molar-refractivity contribution is 5.73. The van der Waals surface area contributed by atoms with Crippen LogP contribution in [0.1, 0.15) is 39.2 Å². The maximum atomic E-state index is 6.11. The number of aromatic nitrogens is 4. The second kappa shape index (κ2) is 5.02. The normalized spacial score (nSPS) is 20.6. The Labute approximate surface area is 124 Å². The highest BCUT2D eigenvalue weighted by Crippen LogP contribution is 2.46. The Hall–Kier alpha value is -2.11. The maximum absolute atomic E-state index is 6.11. The van der Waals surface area contributed by atoms with E-state index >= 15 is 0 Å². The lowest BCUT2D eigenvalue weighted by Crippen LogP contribution is -2.23. The van der Waals surface area contributed by atoms with Gasteiger partial charge in [-0.2, -0.15) is 0 Å². The Morgan fingerprint density at radius 2 is 2.19 bits per heavy atom. The number of anilines is 1. The summed E-state index contributed by atoms with van der Waals surface area (Å²) >= 11 is 0. The van der Waals surface area contributed by atoms with Gasteiger partial charge in [-0.25, -0.2) is 4.68 Å². The largest absolute Gasteiger partial charge is 0.497 e. The van der Waals surface area contributed by atoms with E-state index in [2.05, 4.69) is 29.4 Å².